The van der Waals surface area contributed by atoms with Gasteiger partial charge < -0.3 is 4.90 Å². The third-order valence-electron chi connectivity index (χ3n) is 3.21. The first-order chi connectivity index (χ1) is 9.25. The third kappa shape index (κ3) is 2.31. The van der Waals surface area contributed by atoms with Gasteiger partial charge in [-0.05, 0) is 24.5 Å². The van der Waals surface area contributed by atoms with Crippen LogP contribution in [0, 0.1) is 0 Å². The fourth-order valence-electron chi connectivity index (χ4n) is 2.33. The molecule has 0 atom stereocenters. The fraction of sp³-hybridized carbons (Fsp3) is 0.214. The van der Waals surface area contributed by atoms with E-state index in [0.717, 1.165) is 18.5 Å². The number of aryl methyl sites for hydroxylation is 1. The molecule has 0 unspecified atom stereocenters. The predicted molar refractivity (Wildman–Crippen MR) is 73.5 cm³/mol. The van der Waals surface area contributed by atoms with Crippen molar-refractivity contribution >= 4 is 23.2 Å². The van der Waals surface area contributed by atoms with Crippen LogP contribution in [-0.2, 0) is 6.42 Å². The van der Waals surface area contributed by atoms with E-state index in [4.69, 9.17) is 11.6 Å². The van der Waals surface area contributed by atoms with Crippen LogP contribution in [0.3, 0.4) is 0 Å². The minimum Gasteiger partial charge on any atom is -0.307 e. The number of fused-ring (bicyclic) bond motifs is 1. The summed E-state index contributed by atoms with van der Waals surface area (Å²) in [5, 5.41) is 0.281. The Labute approximate surface area is 116 Å². The topological polar surface area (TPSA) is 46.1 Å². The Morgan fingerprint density at radius 3 is 2.95 bits per heavy atom. The summed E-state index contributed by atoms with van der Waals surface area (Å²) in [5.41, 5.74) is 2.49. The Balaban J connectivity index is 1.98. The molecule has 0 bridgehead atoms. The molecular weight excluding hydrogens is 262 g/mol. The van der Waals surface area contributed by atoms with Crippen LogP contribution in [0.2, 0.25) is 5.15 Å². The zero-order chi connectivity index (χ0) is 13.2. The first kappa shape index (κ1) is 12.1. The Morgan fingerprint density at radius 1 is 1.26 bits per heavy atom. The molecule has 4 nitrogen and oxygen atoms in total. The number of para-hydroxylation sites is 1. The summed E-state index contributed by atoms with van der Waals surface area (Å²) in [7, 11) is 0. The maximum Gasteiger partial charge on any atom is 0.277 e. The summed E-state index contributed by atoms with van der Waals surface area (Å²) in [6.07, 6.45) is 3.28. The lowest BCUT2D eigenvalue weighted by molar-refractivity contribution is 0.0980. The van der Waals surface area contributed by atoms with Crippen molar-refractivity contribution in [1.82, 2.24) is 9.97 Å². The van der Waals surface area contributed by atoms with Gasteiger partial charge in [0.1, 0.15) is 17.2 Å². The number of anilines is 1. The molecule has 0 N–H and O–H groups in total. The smallest absolute Gasteiger partial charge is 0.277 e. The molecule has 19 heavy (non-hydrogen) atoms. The van der Waals surface area contributed by atoms with E-state index in [9.17, 15) is 4.79 Å². The van der Waals surface area contributed by atoms with E-state index in [1.165, 1.54) is 18.0 Å². The van der Waals surface area contributed by atoms with Crippen molar-refractivity contribution in [3.63, 3.8) is 0 Å². The van der Waals surface area contributed by atoms with Crippen LogP contribution in [0.25, 0.3) is 0 Å². The maximum absolute atomic E-state index is 12.5. The summed E-state index contributed by atoms with van der Waals surface area (Å²) in [6, 6.07) is 9.46. The van der Waals surface area contributed by atoms with Crippen LogP contribution in [0.5, 0.6) is 0 Å². The van der Waals surface area contributed by atoms with Crippen LogP contribution in [-0.4, -0.2) is 22.4 Å². The van der Waals surface area contributed by atoms with E-state index >= 15 is 0 Å². The summed E-state index contributed by atoms with van der Waals surface area (Å²) in [4.78, 5) is 22.0. The fourth-order valence-corrected chi connectivity index (χ4v) is 2.48. The van der Waals surface area contributed by atoms with E-state index in [0.29, 0.717) is 12.2 Å². The van der Waals surface area contributed by atoms with Crippen molar-refractivity contribution in [2.75, 3.05) is 11.4 Å². The zero-order valence-corrected chi connectivity index (χ0v) is 11.0. The average molecular weight is 274 g/mol. The summed E-state index contributed by atoms with van der Waals surface area (Å²) >= 11 is 5.81. The molecule has 0 radical (unpaired) electrons. The lowest BCUT2D eigenvalue weighted by Crippen LogP contribution is -2.35. The first-order valence-electron chi connectivity index (χ1n) is 6.13. The van der Waals surface area contributed by atoms with Crippen molar-refractivity contribution in [1.29, 1.82) is 0 Å². The number of hydrogen-bond donors (Lipinski definition) is 0. The number of hydrogen-bond acceptors (Lipinski definition) is 3. The molecule has 1 aliphatic rings. The molecule has 0 aliphatic carbocycles. The molecule has 2 heterocycles. The number of amides is 1. The molecule has 2 aromatic rings. The second kappa shape index (κ2) is 4.97. The molecule has 1 aromatic carbocycles. The zero-order valence-electron chi connectivity index (χ0n) is 10.2. The molecule has 0 saturated carbocycles. The van der Waals surface area contributed by atoms with Crippen molar-refractivity contribution in [2.24, 2.45) is 0 Å². The van der Waals surface area contributed by atoms with Crippen LogP contribution in [0.4, 0.5) is 5.69 Å². The Hall–Kier alpha value is -1.94. The van der Waals surface area contributed by atoms with Crippen molar-refractivity contribution in [2.45, 2.75) is 12.8 Å². The van der Waals surface area contributed by atoms with Gasteiger partial charge in [0, 0.05) is 18.3 Å². The van der Waals surface area contributed by atoms with E-state index in [1.807, 2.05) is 18.2 Å². The number of aromatic nitrogens is 2. The first-order valence-corrected chi connectivity index (χ1v) is 6.51. The van der Waals surface area contributed by atoms with E-state index in [-0.39, 0.29) is 11.1 Å². The molecule has 1 aliphatic heterocycles. The number of rotatable bonds is 1. The highest BCUT2D eigenvalue weighted by molar-refractivity contribution is 6.29. The summed E-state index contributed by atoms with van der Waals surface area (Å²) in [6.45, 7) is 0.706. The van der Waals surface area contributed by atoms with Gasteiger partial charge in [-0.25, -0.2) is 9.97 Å². The number of benzene rings is 1. The van der Waals surface area contributed by atoms with Crippen molar-refractivity contribution in [3.05, 3.63) is 53.1 Å². The highest BCUT2D eigenvalue weighted by atomic mass is 35.5. The molecule has 0 spiro atoms. The van der Waals surface area contributed by atoms with Gasteiger partial charge in [0.25, 0.3) is 5.91 Å². The normalized spacial score (nSPS) is 14.1. The summed E-state index contributed by atoms with van der Waals surface area (Å²) in [5.74, 6) is -0.128. The number of carbonyl (C=O) groups excluding carboxylic acids is 1. The molecule has 3 rings (SSSR count). The number of nitrogens with zero attached hydrogens (tertiary/aromatic N) is 3. The Morgan fingerprint density at radius 2 is 2.11 bits per heavy atom. The Bertz CT molecular complexity index is 630. The van der Waals surface area contributed by atoms with Gasteiger partial charge in [-0.2, -0.15) is 0 Å². The molecule has 1 aromatic heterocycles. The van der Waals surface area contributed by atoms with Crippen molar-refractivity contribution < 1.29 is 4.79 Å². The third-order valence-corrected chi connectivity index (χ3v) is 3.41. The quantitative estimate of drug-likeness (QED) is 0.751. The molecule has 96 valence electrons. The van der Waals surface area contributed by atoms with Crippen LogP contribution in [0.1, 0.15) is 22.5 Å². The highest BCUT2D eigenvalue weighted by Crippen LogP contribution is 2.27. The lowest BCUT2D eigenvalue weighted by atomic mass is 10.0. The van der Waals surface area contributed by atoms with Crippen LogP contribution < -0.4 is 4.90 Å². The molecular formula is C14H12ClN3O. The highest BCUT2D eigenvalue weighted by Gasteiger charge is 2.24. The number of halogens is 1. The van der Waals surface area contributed by atoms with Crippen LogP contribution >= 0.6 is 11.6 Å². The van der Waals surface area contributed by atoms with Gasteiger partial charge in [-0.15, -0.1) is 0 Å². The second-order valence-electron chi connectivity index (χ2n) is 4.42. The summed E-state index contributed by atoms with van der Waals surface area (Å²) < 4.78 is 0. The number of carbonyl (C=O) groups is 1. The van der Waals surface area contributed by atoms with Crippen molar-refractivity contribution in [3.8, 4) is 0 Å². The monoisotopic (exact) mass is 273 g/mol. The van der Waals surface area contributed by atoms with Crippen LogP contribution in [0.15, 0.2) is 36.7 Å². The van der Waals surface area contributed by atoms with E-state index < -0.39 is 0 Å². The minimum absolute atomic E-state index is 0.128. The average Bonchev–Trinajstić information content (AvgIpc) is 2.46. The maximum atomic E-state index is 12.5. The van der Waals surface area contributed by atoms with E-state index in [1.54, 1.807) is 4.90 Å². The standard InChI is InChI=1S/C14H12ClN3O/c15-13-8-11(16-9-17-13)14(19)18-7-3-5-10-4-1-2-6-12(10)18/h1-2,4,6,8-9H,3,5,7H2. The van der Waals surface area contributed by atoms with Gasteiger partial charge in [-0.1, -0.05) is 29.8 Å². The molecule has 0 saturated heterocycles. The van der Waals surface area contributed by atoms with Gasteiger partial charge in [-0.3, -0.25) is 4.79 Å². The lowest BCUT2D eigenvalue weighted by Gasteiger charge is -2.29. The van der Waals surface area contributed by atoms with E-state index in [2.05, 4.69) is 16.0 Å². The molecule has 1 amide bonds. The SMILES string of the molecule is O=C(c1cc(Cl)ncn1)N1CCCc2ccccc21. The minimum atomic E-state index is -0.128. The van der Waals surface area contributed by atoms with Gasteiger partial charge in [0.2, 0.25) is 0 Å². The largest absolute Gasteiger partial charge is 0.307 e. The van der Waals surface area contributed by atoms with Gasteiger partial charge >= 0.3 is 0 Å². The van der Waals surface area contributed by atoms with Gasteiger partial charge in [0.15, 0.2) is 0 Å². The van der Waals surface area contributed by atoms with Gasteiger partial charge in [0.05, 0.1) is 0 Å². The second-order valence-corrected chi connectivity index (χ2v) is 4.80. The molecule has 5 heteroatoms. The predicted octanol–water partition coefficient (Wildman–Crippen LogP) is 2.72. The Kier molecular flexibility index (Phi) is 3.17. The molecule has 0 fully saturated rings.